The number of hydrogen-bond acceptors (Lipinski definition) is 2. The molecule has 1 aliphatic carbocycles. The average molecular weight is 253 g/mol. The Bertz CT molecular complexity index is 256. The van der Waals surface area contributed by atoms with Crippen LogP contribution in [-0.2, 0) is 9.53 Å². The minimum atomic E-state index is -4.15. The number of halogens is 3. The first-order valence-electron chi connectivity index (χ1n) is 5.87. The zero-order chi connectivity index (χ0) is 12.9. The van der Waals surface area contributed by atoms with Gasteiger partial charge in [0.05, 0.1) is 5.92 Å². The summed E-state index contributed by atoms with van der Waals surface area (Å²) >= 11 is 0. The Labute approximate surface area is 98.7 Å². The number of amides is 1. The predicted molar refractivity (Wildman–Crippen MR) is 56.4 cm³/mol. The number of hydrogen-bond donors (Lipinski definition) is 1. The first kappa shape index (κ1) is 14.3. The van der Waals surface area contributed by atoms with Crippen molar-refractivity contribution in [2.24, 2.45) is 5.92 Å². The minimum absolute atomic E-state index is 0.0125. The molecule has 1 saturated carbocycles. The van der Waals surface area contributed by atoms with E-state index >= 15 is 0 Å². The van der Waals surface area contributed by atoms with Crippen molar-refractivity contribution >= 4 is 5.91 Å². The van der Waals surface area contributed by atoms with Gasteiger partial charge >= 0.3 is 6.18 Å². The summed E-state index contributed by atoms with van der Waals surface area (Å²) in [7, 11) is 0. The monoisotopic (exact) mass is 253 g/mol. The molecule has 6 heteroatoms. The maximum absolute atomic E-state index is 12.5. The maximum Gasteiger partial charge on any atom is 0.391 e. The Balaban J connectivity index is 2.37. The van der Waals surface area contributed by atoms with Gasteiger partial charge in [-0.15, -0.1) is 0 Å². The molecule has 1 fully saturated rings. The van der Waals surface area contributed by atoms with Gasteiger partial charge in [0.1, 0.15) is 6.61 Å². The topological polar surface area (TPSA) is 38.3 Å². The van der Waals surface area contributed by atoms with Crippen LogP contribution in [0.4, 0.5) is 13.2 Å². The molecule has 0 aromatic rings. The van der Waals surface area contributed by atoms with E-state index in [1.54, 1.807) is 6.92 Å². The molecule has 17 heavy (non-hydrogen) atoms. The summed E-state index contributed by atoms with van der Waals surface area (Å²) in [6, 6.07) is -0.372. The molecular formula is C11H18F3NO2. The quantitative estimate of drug-likeness (QED) is 0.834. The summed E-state index contributed by atoms with van der Waals surface area (Å²) in [6.07, 6.45) is -2.87. The fraction of sp³-hybridized carbons (Fsp3) is 0.909. The van der Waals surface area contributed by atoms with Gasteiger partial charge in [-0.1, -0.05) is 6.42 Å². The van der Waals surface area contributed by atoms with Gasteiger partial charge in [-0.05, 0) is 26.2 Å². The van der Waals surface area contributed by atoms with Crippen LogP contribution in [0.5, 0.6) is 0 Å². The fourth-order valence-corrected chi connectivity index (χ4v) is 2.08. The van der Waals surface area contributed by atoms with E-state index in [-0.39, 0.29) is 31.4 Å². The first-order chi connectivity index (χ1) is 7.93. The van der Waals surface area contributed by atoms with Crippen LogP contribution in [0, 0.1) is 5.92 Å². The van der Waals surface area contributed by atoms with Crippen LogP contribution in [0.2, 0.25) is 0 Å². The van der Waals surface area contributed by atoms with Gasteiger partial charge in [0.2, 0.25) is 5.91 Å². The summed E-state index contributed by atoms with van der Waals surface area (Å²) in [4.78, 5) is 11.3. The molecule has 2 unspecified atom stereocenters. The van der Waals surface area contributed by atoms with Crippen molar-refractivity contribution in [3.8, 4) is 0 Å². The number of nitrogens with one attached hydrogen (secondary N) is 1. The lowest BCUT2D eigenvalue weighted by atomic mass is 9.85. The van der Waals surface area contributed by atoms with Crippen LogP contribution in [0.15, 0.2) is 0 Å². The molecule has 0 radical (unpaired) electrons. The van der Waals surface area contributed by atoms with Gasteiger partial charge in [0.15, 0.2) is 0 Å². The van der Waals surface area contributed by atoms with Gasteiger partial charge in [-0.2, -0.15) is 13.2 Å². The van der Waals surface area contributed by atoms with Gasteiger partial charge in [-0.3, -0.25) is 4.79 Å². The molecule has 0 bridgehead atoms. The third kappa shape index (κ3) is 4.93. The predicted octanol–water partition coefficient (Wildman–Crippen LogP) is 2.26. The number of ether oxygens (including phenoxy) is 1. The second-order valence-electron chi connectivity index (χ2n) is 4.31. The van der Waals surface area contributed by atoms with E-state index in [9.17, 15) is 18.0 Å². The Morgan fingerprint density at radius 1 is 1.41 bits per heavy atom. The lowest BCUT2D eigenvalue weighted by Crippen LogP contribution is -2.42. The third-order valence-electron chi connectivity index (χ3n) is 2.94. The molecule has 100 valence electrons. The Morgan fingerprint density at radius 2 is 2.12 bits per heavy atom. The molecule has 0 spiro atoms. The largest absolute Gasteiger partial charge is 0.391 e. The standard InChI is InChI=1S/C11H18F3NO2/c1-2-17-7-10(16)15-9-5-3-4-8(6-9)11(12,13)14/h8-9H,2-7H2,1H3,(H,15,16). The lowest BCUT2D eigenvalue weighted by Gasteiger charge is -2.30. The summed E-state index contributed by atoms with van der Waals surface area (Å²) in [5.41, 5.74) is 0. The molecule has 0 saturated heterocycles. The van der Waals surface area contributed by atoms with Gasteiger partial charge in [-0.25, -0.2) is 0 Å². The maximum atomic E-state index is 12.5. The summed E-state index contributed by atoms with van der Waals surface area (Å²) < 4.78 is 42.4. The highest BCUT2D eigenvalue weighted by Crippen LogP contribution is 2.37. The molecule has 0 aromatic carbocycles. The van der Waals surface area contributed by atoms with Crippen molar-refractivity contribution in [2.75, 3.05) is 13.2 Å². The van der Waals surface area contributed by atoms with Crippen molar-refractivity contribution in [1.82, 2.24) is 5.32 Å². The van der Waals surface area contributed by atoms with E-state index in [1.165, 1.54) is 0 Å². The van der Waals surface area contributed by atoms with E-state index in [0.29, 0.717) is 19.4 Å². The molecular weight excluding hydrogens is 235 g/mol. The zero-order valence-corrected chi connectivity index (χ0v) is 9.85. The molecule has 1 amide bonds. The van der Waals surface area contributed by atoms with E-state index in [4.69, 9.17) is 4.74 Å². The smallest absolute Gasteiger partial charge is 0.372 e. The van der Waals surface area contributed by atoms with E-state index in [0.717, 1.165) is 0 Å². The first-order valence-corrected chi connectivity index (χ1v) is 5.87. The Hall–Kier alpha value is -0.780. The highest BCUT2D eigenvalue weighted by molar-refractivity contribution is 5.77. The van der Waals surface area contributed by atoms with Gasteiger partial charge in [0, 0.05) is 12.6 Å². The molecule has 1 rings (SSSR count). The number of carbonyl (C=O) groups excluding carboxylic acids is 1. The minimum Gasteiger partial charge on any atom is -0.372 e. The molecule has 0 heterocycles. The molecule has 2 atom stereocenters. The Kier molecular flexibility index (Phi) is 5.24. The molecule has 1 N–H and O–H groups in total. The normalized spacial score (nSPS) is 25.6. The third-order valence-corrected chi connectivity index (χ3v) is 2.94. The molecule has 3 nitrogen and oxygen atoms in total. The van der Waals surface area contributed by atoms with Crippen LogP contribution in [0.25, 0.3) is 0 Å². The van der Waals surface area contributed by atoms with Crippen LogP contribution in [-0.4, -0.2) is 31.3 Å². The van der Waals surface area contributed by atoms with Crippen molar-refractivity contribution in [3.63, 3.8) is 0 Å². The second kappa shape index (κ2) is 6.23. The highest BCUT2D eigenvalue weighted by Gasteiger charge is 2.42. The number of rotatable bonds is 4. The van der Waals surface area contributed by atoms with Crippen molar-refractivity contribution in [3.05, 3.63) is 0 Å². The fourth-order valence-electron chi connectivity index (χ4n) is 2.08. The van der Waals surface area contributed by atoms with Gasteiger partial charge < -0.3 is 10.1 Å². The van der Waals surface area contributed by atoms with E-state index in [2.05, 4.69) is 5.32 Å². The van der Waals surface area contributed by atoms with Crippen LogP contribution in [0.3, 0.4) is 0 Å². The van der Waals surface area contributed by atoms with E-state index < -0.39 is 12.1 Å². The molecule has 1 aliphatic rings. The van der Waals surface area contributed by atoms with Crippen molar-refractivity contribution in [2.45, 2.75) is 44.8 Å². The zero-order valence-electron chi connectivity index (χ0n) is 9.85. The second-order valence-corrected chi connectivity index (χ2v) is 4.31. The summed E-state index contributed by atoms with van der Waals surface area (Å²) in [5.74, 6) is -1.62. The van der Waals surface area contributed by atoms with Crippen LogP contribution < -0.4 is 5.32 Å². The molecule has 0 aliphatic heterocycles. The van der Waals surface area contributed by atoms with Crippen LogP contribution in [0.1, 0.15) is 32.6 Å². The van der Waals surface area contributed by atoms with E-state index in [1.807, 2.05) is 0 Å². The van der Waals surface area contributed by atoms with Crippen LogP contribution >= 0.6 is 0 Å². The average Bonchev–Trinajstić information content (AvgIpc) is 2.25. The summed E-state index contributed by atoms with van der Waals surface area (Å²) in [6.45, 7) is 2.10. The molecule has 0 aromatic heterocycles. The Morgan fingerprint density at radius 3 is 2.71 bits per heavy atom. The SMILES string of the molecule is CCOCC(=O)NC1CCCC(C(F)(F)F)C1. The lowest BCUT2D eigenvalue weighted by molar-refractivity contribution is -0.184. The van der Waals surface area contributed by atoms with Gasteiger partial charge in [0.25, 0.3) is 0 Å². The van der Waals surface area contributed by atoms with Crippen molar-refractivity contribution in [1.29, 1.82) is 0 Å². The van der Waals surface area contributed by atoms with Crippen molar-refractivity contribution < 1.29 is 22.7 Å². The number of carbonyl (C=O) groups is 1. The number of alkyl halides is 3. The highest BCUT2D eigenvalue weighted by atomic mass is 19.4. The summed E-state index contributed by atoms with van der Waals surface area (Å²) in [5, 5.41) is 2.59.